The van der Waals surface area contributed by atoms with Crippen LogP contribution in [0.3, 0.4) is 0 Å². The van der Waals surface area contributed by atoms with Crippen LogP contribution in [0.2, 0.25) is 0 Å². The molecule has 0 aliphatic carbocycles. The first-order chi connectivity index (χ1) is 15.6. The highest BCUT2D eigenvalue weighted by Crippen LogP contribution is 2.23. The van der Waals surface area contributed by atoms with Gasteiger partial charge in [-0.25, -0.2) is 24.0 Å². The van der Waals surface area contributed by atoms with Crippen LogP contribution in [0.5, 0.6) is 0 Å². The van der Waals surface area contributed by atoms with Gasteiger partial charge in [-0.15, -0.1) is 0 Å². The molecule has 0 saturated heterocycles. The Morgan fingerprint density at radius 3 is 0.912 bits per heavy atom. The second kappa shape index (κ2) is 15.8. The van der Waals surface area contributed by atoms with Gasteiger partial charge >= 0.3 is 29.8 Å². The Labute approximate surface area is 199 Å². The van der Waals surface area contributed by atoms with Gasteiger partial charge < -0.3 is 24.1 Å². The van der Waals surface area contributed by atoms with Gasteiger partial charge in [0, 0.05) is 28.4 Å². The highest BCUT2D eigenvalue weighted by atomic mass is 16.6. The smallest absolute Gasteiger partial charge is 0.333 e. The van der Waals surface area contributed by atoms with Crippen LogP contribution < -0.4 is 0 Å². The number of rotatable bonds is 13. The standard InChI is InChI=1S/C21H28O8.C3H4O2/c1-13(2)17(22)26-9-21(10-27-18(23)14(3)4,11-28-19(24)15(5)6)12-29-20(25)16(7)8;1-2-3(4)5/h1,3,5,7,9-12H2,2,4,6,8H3;2H,1H2,(H,4,5). The number of carboxylic acid groups (broad SMARTS) is 1. The maximum Gasteiger partial charge on any atom is 0.333 e. The van der Waals surface area contributed by atoms with Crippen molar-refractivity contribution in [3.05, 3.63) is 61.3 Å². The van der Waals surface area contributed by atoms with Crippen LogP contribution >= 0.6 is 0 Å². The molecule has 10 heteroatoms. The minimum absolute atomic E-state index is 0.135. The molecule has 0 bridgehead atoms. The van der Waals surface area contributed by atoms with Crippen LogP contribution in [0, 0.1) is 5.41 Å². The minimum Gasteiger partial charge on any atom is -0.478 e. The molecule has 0 heterocycles. The van der Waals surface area contributed by atoms with Crippen LogP contribution in [0.1, 0.15) is 27.7 Å². The van der Waals surface area contributed by atoms with Crippen LogP contribution in [0.15, 0.2) is 61.3 Å². The minimum atomic E-state index is -1.37. The van der Waals surface area contributed by atoms with Crippen molar-refractivity contribution >= 4 is 29.8 Å². The first kappa shape index (κ1) is 32.2. The summed E-state index contributed by atoms with van der Waals surface area (Å²) in [6.07, 6.45) is 0.833. The molecule has 0 aliphatic rings. The summed E-state index contributed by atoms with van der Waals surface area (Å²) in [6.45, 7) is 21.2. The van der Waals surface area contributed by atoms with E-state index < -0.39 is 35.3 Å². The van der Waals surface area contributed by atoms with Gasteiger partial charge in [0.05, 0.1) is 0 Å². The predicted molar refractivity (Wildman–Crippen MR) is 123 cm³/mol. The Hall–Kier alpha value is -3.95. The zero-order chi connectivity index (χ0) is 27.1. The Morgan fingerprint density at radius 2 is 0.794 bits per heavy atom. The second-order valence-electron chi connectivity index (χ2n) is 7.47. The van der Waals surface area contributed by atoms with Crippen LogP contribution in [0.4, 0.5) is 0 Å². The molecule has 188 valence electrons. The number of carbonyl (C=O) groups is 5. The number of esters is 4. The van der Waals surface area contributed by atoms with E-state index in [0.717, 1.165) is 6.08 Å². The first-order valence-corrected chi connectivity index (χ1v) is 9.74. The fourth-order valence-electron chi connectivity index (χ4n) is 1.62. The van der Waals surface area contributed by atoms with Crippen molar-refractivity contribution in [2.75, 3.05) is 26.4 Å². The lowest BCUT2D eigenvalue weighted by atomic mass is 9.92. The Kier molecular flexibility index (Phi) is 15.0. The molecular formula is C24H32O10. The molecule has 34 heavy (non-hydrogen) atoms. The number of carbonyl (C=O) groups excluding carboxylic acids is 4. The van der Waals surface area contributed by atoms with Crippen molar-refractivity contribution in [2.45, 2.75) is 27.7 Å². The molecule has 0 rings (SSSR count). The number of aliphatic carboxylic acids is 1. The van der Waals surface area contributed by atoms with E-state index in [1.54, 1.807) is 0 Å². The van der Waals surface area contributed by atoms with Crippen molar-refractivity contribution in [2.24, 2.45) is 5.41 Å². The summed E-state index contributed by atoms with van der Waals surface area (Å²) < 4.78 is 20.7. The van der Waals surface area contributed by atoms with Crippen LogP contribution in [0.25, 0.3) is 0 Å². The topological polar surface area (TPSA) is 142 Å². The quantitative estimate of drug-likeness (QED) is 0.237. The fraction of sp³-hybridized carbons (Fsp3) is 0.375. The molecule has 0 fully saturated rings. The third-order valence-electron chi connectivity index (χ3n) is 3.61. The number of carboxylic acids is 1. The largest absolute Gasteiger partial charge is 0.478 e. The molecule has 0 aromatic heterocycles. The molecule has 0 amide bonds. The number of hydrogen-bond acceptors (Lipinski definition) is 9. The summed E-state index contributed by atoms with van der Waals surface area (Å²) in [5.74, 6) is -3.82. The summed E-state index contributed by atoms with van der Waals surface area (Å²) in [5.41, 5.74) is -0.829. The maximum atomic E-state index is 11.8. The van der Waals surface area contributed by atoms with E-state index in [0.29, 0.717) is 0 Å². The van der Waals surface area contributed by atoms with E-state index in [1.807, 2.05) is 0 Å². The van der Waals surface area contributed by atoms with Gasteiger partial charge in [-0.1, -0.05) is 32.9 Å². The molecule has 0 atom stereocenters. The van der Waals surface area contributed by atoms with E-state index in [1.165, 1.54) is 27.7 Å². The fourth-order valence-corrected chi connectivity index (χ4v) is 1.62. The van der Waals surface area contributed by atoms with E-state index >= 15 is 0 Å². The molecule has 0 saturated carbocycles. The van der Waals surface area contributed by atoms with E-state index in [9.17, 15) is 24.0 Å². The third kappa shape index (κ3) is 14.2. The van der Waals surface area contributed by atoms with Gasteiger partial charge in [0.25, 0.3) is 0 Å². The molecular weight excluding hydrogens is 448 g/mol. The summed E-state index contributed by atoms with van der Waals surface area (Å²) in [4.78, 5) is 56.6. The third-order valence-corrected chi connectivity index (χ3v) is 3.61. The van der Waals surface area contributed by atoms with Gasteiger partial charge in [-0.3, -0.25) is 0 Å². The molecule has 0 aromatic carbocycles. The van der Waals surface area contributed by atoms with Crippen LogP contribution in [-0.2, 0) is 42.9 Å². The monoisotopic (exact) mass is 480 g/mol. The van der Waals surface area contributed by atoms with E-state index in [-0.39, 0.29) is 48.7 Å². The summed E-state index contributed by atoms with van der Waals surface area (Å²) in [7, 11) is 0. The molecule has 0 aliphatic heterocycles. The molecule has 0 unspecified atom stereocenters. The number of ether oxygens (including phenoxy) is 4. The summed E-state index contributed by atoms with van der Waals surface area (Å²) >= 11 is 0. The molecule has 10 nitrogen and oxygen atoms in total. The summed E-state index contributed by atoms with van der Waals surface area (Å²) in [6, 6.07) is 0. The maximum absolute atomic E-state index is 11.8. The average Bonchev–Trinajstić information content (AvgIpc) is 2.76. The van der Waals surface area contributed by atoms with Gasteiger partial charge in [0.15, 0.2) is 0 Å². The van der Waals surface area contributed by atoms with Gasteiger partial charge in [0.2, 0.25) is 0 Å². The van der Waals surface area contributed by atoms with Crippen molar-refractivity contribution in [3.8, 4) is 0 Å². The van der Waals surface area contributed by atoms with Crippen LogP contribution in [-0.4, -0.2) is 61.4 Å². The number of hydrogen-bond donors (Lipinski definition) is 1. The first-order valence-electron chi connectivity index (χ1n) is 9.74. The Balaban J connectivity index is 0. The predicted octanol–water partition coefficient (Wildman–Crippen LogP) is 2.71. The Bertz CT molecular complexity index is 737. The highest BCUT2D eigenvalue weighted by molar-refractivity contribution is 5.88. The normalized spacial score (nSPS) is 9.76. The zero-order valence-electron chi connectivity index (χ0n) is 20.1. The van der Waals surface area contributed by atoms with Crippen molar-refractivity contribution < 1.29 is 48.0 Å². The zero-order valence-corrected chi connectivity index (χ0v) is 20.1. The molecule has 0 spiro atoms. The van der Waals surface area contributed by atoms with Gasteiger partial charge in [0.1, 0.15) is 31.8 Å². The Morgan fingerprint density at radius 1 is 0.618 bits per heavy atom. The van der Waals surface area contributed by atoms with E-state index in [4.69, 9.17) is 24.1 Å². The van der Waals surface area contributed by atoms with Crippen molar-refractivity contribution in [1.29, 1.82) is 0 Å². The lowest BCUT2D eigenvalue weighted by Gasteiger charge is -2.31. The van der Waals surface area contributed by atoms with Crippen molar-refractivity contribution in [1.82, 2.24) is 0 Å². The molecule has 0 radical (unpaired) electrons. The second-order valence-corrected chi connectivity index (χ2v) is 7.47. The lowest BCUT2D eigenvalue weighted by Crippen LogP contribution is -2.44. The van der Waals surface area contributed by atoms with Crippen molar-refractivity contribution in [3.63, 3.8) is 0 Å². The lowest BCUT2D eigenvalue weighted by molar-refractivity contribution is -0.165. The summed E-state index contributed by atoms with van der Waals surface area (Å²) in [5, 5.41) is 7.60. The molecule has 1 N–H and O–H groups in total. The van der Waals surface area contributed by atoms with Gasteiger partial charge in [-0.05, 0) is 27.7 Å². The SMILES string of the molecule is C=C(C)C(=O)OCC(COC(=O)C(=C)C)(COC(=O)C(=C)C)COC(=O)C(=C)C.C=CC(=O)O. The van der Waals surface area contributed by atoms with E-state index in [2.05, 4.69) is 32.9 Å². The van der Waals surface area contributed by atoms with Gasteiger partial charge in [-0.2, -0.15) is 0 Å². The molecule has 0 aromatic rings. The average molecular weight is 481 g/mol. The highest BCUT2D eigenvalue weighted by Gasteiger charge is 2.38.